The Labute approximate surface area is 248 Å². The minimum Gasteiger partial charge on any atom is -0.318 e. The number of hydrogen-bond donors (Lipinski definition) is 1. The molecule has 0 aliphatic carbocycles. The third kappa shape index (κ3) is 5.20. The van der Waals surface area contributed by atoms with E-state index < -0.39 is 0 Å². The number of imidazole rings is 1. The number of tetrazole rings is 1. The summed E-state index contributed by atoms with van der Waals surface area (Å²) in [6.07, 6.45) is 0.614. The number of rotatable bonds is 9. The molecule has 10 heteroatoms. The monoisotopic (exact) mass is 574 g/mol. The zero-order chi connectivity index (χ0) is 30.1. The first-order valence-corrected chi connectivity index (χ1v) is 14.6. The van der Waals surface area contributed by atoms with E-state index >= 15 is 0 Å². The lowest BCUT2D eigenvalue weighted by molar-refractivity contribution is 0.467. The van der Waals surface area contributed by atoms with E-state index in [1.165, 1.54) is 4.57 Å². The van der Waals surface area contributed by atoms with Gasteiger partial charge in [0.15, 0.2) is 17.0 Å². The summed E-state index contributed by atoms with van der Waals surface area (Å²) in [6, 6.07) is 25.8. The summed E-state index contributed by atoms with van der Waals surface area (Å²) in [6.45, 7) is 8.80. The predicted molar refractivity (Wildman–Crippen MR) is 167 cm³/mol. The molecule has 1 N–H and O–H groups in total. The van der Waals surface area contributed by atoms with E-state index in [1.54, 1.807) is 4.57 Å². The number of nitrogens with zero attached hydrogens (tertiary/aromatic N) is 7. The second-order valence-electron chi connectivity index (χ2n) is 11.2. The van der Waals surface area contributed by atoms with Crippen LogP contribution >= 0.6 is 0 Å². The summed E-state index contributed by atoms with van der Waals surface area (Å²) in [5.74, 6) is 1.48. The van der Waals surface area contributed by atoms with Crippen LogP contribution in [0.25, 0.3) is 33.7 Å². The molecule has 3 aromatic heterocycles. The highest BCUT2D eigenvalue weighted by molar-refractivity contribution is 5.80. The molecule has 3 aromatic carbocycles. The Kier molecular flexibility index (Phi) is 7.58. The van der Waals surface area contributed by atoms with E-state index in [9.17, 15) is 9.59 Å². The predicted octanol–water partition coefficient (Wildman–Crippen LogP) is 5.08. The first kappa shape index (κ1) is 28.0. The largest absolute Gasteiger partial charge is 0.333 e. The highest BCUT2D eigenvalue weighted by Crippen LogP contribution is 2.30. The Morgan fingerprint density at radius 2 is 1.53 bits per heavy atom. The Morgan fingerprint density at radius 1 is 0.837 bits per heavy atom. The topological polar surface area (TPSA) is 116 Å². The molecule has 0 aliphatic rings. The number of hydrogen-bond acceptors (Lipinski definition) is 6. The second kappa shape index (κ2) is 11.6. The summed E-state index contributed by atoms with van der Waals surface area (Å²) in [7, 11) is 0. The van der Waals surface area contributed by atoms with Crippen LogP contribution in [0.2, 0.25) is 0 Å². The Bertz CT molecular complexity index is 1990. The Balaban J connectivity index is 1.46. The van der Waals surface area contributed by atoms with Crippen molar-refractivity contribution in [2.75, 3.05) is 0 Å². The van der Waals surface area contributed by atoms with E-state index in [-0.39, 0.29) is 23.2 Å². The molecule has 0 saturated heterocycles. The molecular weight excluding hydrogens is 540 g/mol. The first-order chi connectivity index (χ1) is 20.9. The quantitative estimate of drug-likeness (QED) is 0.257. The molecule has 6 rings (SSSR count). The zero-order valence-electron chi connectivity index (χ0n) is 24.7. The summed E-state index contributed by atoms with van der Waals surface area (Å²) in [5, 5.41) is 14.4. The first-order valence-electron chi connectivity index (χ1n) is 14.6. The molecule has 1 atom stereocenters. The molecular formula is C33H34N8O2. The molecule has 3 heterocycles. The minimum absolute atomic E-state index is 0.119. The van der Waals surface area contributed by atoms with Gasteiger partial charge in [-0.2, -0.15) is 0 Å². The van der Waals surface area contributed by atoms with Crippen molar-refractivity contribution in [2.45, 2.75) is 53.2 Å². The van der Waals surface area contributed by atoms with Crippen molar-refractivity contribution in [3.63, 3.8) is 0 Å². The molecule has 0 spiro atoms. The lowest BCUT2D eigenvalue weighted by atomic mass is 9.98. The van der Waals surface area contributed by atoms with Crippen molar-refractivity contribution in [3.8, 4) is 22.5 Å². The molecule has 0 bridgehead atoms. The van der Waals surface area contributed by atoms with Crippen LogP contribution in [0.4, 0.5) is 0 Å². The second-order valence-corrected chi connectivity index (χ2v) is 11.2. The van der Waals surface area contributed by atoms with Gasteiger partial charge in [-0.3, -0.25) is 13.9 Å². The average molecular weight is 575 g/mol. The molecule has 0 fully saturated rings. The van der Waals surface area contributed by atoms with Crippen LogP contribution in [-0.2, 0) is 19.5 Å². The number of aryl methyl sites for hydroxylation is 1. The standard InChI is InChI=1S/C33H34N8O2/c1-5-28-34-31-29(32(42)40(19-21(2)3)33(43)41(31)22(4)24-11-7-6-8-12-24)39(28)20-23-15-17-25(18-16-23)26-13-9-10-14-27(26)30-35-37-38-36-30/h6-18,21-22H,5,19-20H2,1-4H3,(H,35,36,37,38). The van der Waals surface area contributed by atoms with Crippen molar-refractivity contribution in [3.05, 3.63) is 117 Å². The number of nitrogens with one attached hydrogen (secondary N) is 1. The maximum atomic E-state index is 14.0. The van der Waals surface area contributed by atoms with Crippen LogP contribution in [0.15, 0.2) is 88.5 Å². The van der Waals surface area contributed by atoms with Crippen LogP contribution in [0.5, 0.6) is 0 Å². The third-order valence-corrected chi connectivity index (χ3v) is 7.81. The van der Waals surface area contributed by atoms with Crippen LogP contribution in [0, 0.1) is 5.92 Å². The summed E-state index contributed by atoms with van der Waals surface area (Å²) in [5.41, 5.74) is 5.16. The fraction of sp³-hybridized carbons (Fsp3) is 0.273. The molecule has 6 aromatic rings. The van der Waals surface area contributed by atoms with Gasteiger partial charge in [0.1, 0.15) is 5.82 Å². The van der Waals surface area contributed by atoms with Crippen LogP contribution < -0.4 is 11.2 Å². The molecule has 43 heavy (non-hydrogen) atoms. The van der Waals surface area contributed by atoms with Gasteiger partial charge in [-0.05, 0) is 45.5 Å². The fourth-order valence-corrected chi connectivity index (χ4v) is 5.68. The fourth-order valence-electron chi connectivity index (χ4n) is 5.68. The molecule has 1 unspecified atom stereocenters. The molecule has 218 valence electrons. The molecule has 0 amide bonds. The molecule has 10 nitrogen and oxygen atoms in total. The lowest BCUT2D eigenvalue weighted by Gasteiger charge is -2.19. The number of aromatic amines is 1. The number of aromatic nitrogens is 8. The average Bonchev–Trinajstić information content (AvgIpc) is 3.69. The normalized spacial score (nSPS) is 12.3. The van der Waals surface area contributed by atoms with Gasteiger partial charge in [-0.1, -0.05) is 99.6 Å². The van der Waals surface area contributed by atoms with Crippen molar-refractivity contribution in [1.29, 1.82) is 0 Å². The minimum atomic E-state index is -0.333. The highest BCUT2D eigenvalue weighted by Gasteiger charge is 2.25. The lowest BCUT2D eigenvalue weighted by Crippen LogP contribution is -2.42. The van der Waals surface area contributed by atoms with Crippen LogP contribution in [-0.4, -0.2) is 39.3 Å². The molecule has 0 radical (unpaired) electrons. The van der Waals surface area contributed by atoms with Crippen molar-refractivity contribution < 1.29 is 0 Å². The third-order valence-electron chi connectivity index (χ3n) is 7.81. The molecule has 0 aliphatic heterocycles. The maximum Gasteiger partial charge on any atom is 0.333 e. The van der Waals surface area contributed by atoms with Crippen LogP contribution in [0.1, 0.15) is 50.7 Å². The maximum absolute atomic E-state index is 14.0. The van der Waals surface area contributed by atoms with Gasteiger partial charge in [0.25, 0.3) is 5.56 Å². The Morgan fingerprint density at radius 3 is 2.19 bits per heavy atom. The SMILES string of the molecule is CCc1nc2c(c(=O)n(CC(C)C)c(=O)n2C(C)c2ccccc2)n1Cc1ccc(-c2ccccc2-c2nnn[nH]2)cc1. The van der Waals surface area contributed by atoms with Crippen molar-refractivity contribution >= 4 is 11.2 Å². The van der Waals surface area contributed by atoms with Gasteiger partial charge in [-0.25, -0.2) is 14.9 Å². The van der Waals surface area contributed by atoms with Crippen molar-refractivity contribution in [2.24, 2.45) is 5.92 Å². The van der Waals surface area contributed by atoms with Gasteiger partial charge < -0.3 is 4.57 Å². The van der Waals surface area contributed by atoms with Gasteiger partial charge in [0, 0.05) is 25.1 Å². The van der Waals surface area contributed by atoms with E-state index in [0.29, 0.717) is 36.5 Å². The van der Waals surface area contributed by atoms with Gasteiger partial charge in [0.05, 0.1) is 6.04 Å². The van der Waals surface area contributed by atoms with Gasteiger partial charge >= 0.3 is 5.69 Å². The summed E-state index contributed by atoms with van der Waals surface area (Å²) in [4.78, 5) is 32.8. The Hall–Kier alpha value is -5.12. The molecule has 0 saturated carbocycles. The summed E-state index contributed by atoms with van der Waals surface area (Å²) < 4.78 is 5.04. The smallest absolute Gasteiger partial charge is 0.318 e. The van der Waals surface area contributed by atoms with Gasteiger partial charge in [0.2, 0.25) is 0 Å². The number of fused-ring (bicyclic) bond motifs is 1. The van der Waals surface area contributed by atoms with E-state index in [2.05, 4.69) is 44.9 Å². The van der Waals surface area contributed by atoms with E-state index in [0.717, 1.165) is 33.6 Å². The number of benzene rings is 3. The van der Waals surface area contributed by atoms with Crippen LogP contribution in [0.3, 0.4) is 0 Å². The van der Waals surface area contributed by atoms with Gasteiger partial charge in [-0.15, -0.1) is 5.10 Å². The van der Waals surface area contributed by atoms with E-state index in [4.69, 9.17) is 4.98 Å². The summed E-state index contributed by atoms with van der Waals surface area (Å²) >= 11 is 0. The number of H-pyrrole nitrogens is 1. The van der Waals surface area contributed by atoms with E-state index in [1.807, 2.05) is 86.9 Å². The zero-order valence-corrected chi connectivity index (χ0v) is 24.7. The highest BCUT2D eigenvalue weighted by atomic mass is 16.2. The van der Waals surface area contributed by atoms with Crippen molar-refractivity contribution in [1.82, 2.24) is 39.3 Å².